The van der Waals surface area contributed by atoms with Crippen molar-refractivity contribution in [2.75, 3.05) is 5.32 Å². The second-order valence-corrected chi connectivity index (χ2v) is 4.79. The van der Waals surface area contributed by atoms with Crippen LogP contribution in [0, 0.1) is 6.92 Å². The lowest BCUT2D eigenvalue weighted by molar-refractivity contribution is 1.06. The van der Waals surface area contributed by atoms with E-state index in [1.54, 1.807) is 11.3 Å². The molecule has 0 saturated carbocycles. The van der Waals surface area contributed by atoms with E-state index in [9.17, 15) is 0 Å². The number of anilines is 1. The van der Waals surface area contributed by atoms with Crippen molar-refractivity contribution >= 4 is 17.2 Å². The number of pyridine rings is 1. The highest BCUT2D eigenvalue weighted by molar-refractivity contribution is 7.11. The fourth-order valence-electron chi connectivity index (χ4n) is 1.40. The van der Waals surface area contributed by atoms with Gasteiger partial charge in [-0.1, -0.05) is 13.0 Å². The summed E-state index contributed by atoms with van der Waals surface area (Å²) in [4.78, 5) is 10.1. The van der Waals surface area contributed by atoms with Gasteiger partial charge in [0.15, 0.2) is 0 Å². The molecule has 0 amide bonds. The molecule has 3 nitrogen and oxygen atoms in total. The molecule has 2 aromatic heterocycles. The van der Waals surface area contributed by atoms with E-state index in [0.717, 1.165) is 29.5 Å². The molecule has 0 fully saturated rings. The quantitative estimate of drug-likeness (QED) is 0.882. The van der Waals surface area contributed by atoms with Gasteiger partial charge in [0.25, 0.3) is 0 Å². The smallest absolute Gasteiger partial charge is 0.126 e. The lowest BCUT2D eigenvalue weighted by atomic mass is 10.4. The van der Waals surface area contributed by atoms with Gasteiger partial charge in [-0.15, -0.1) is 11.3 Å². The Morgan fingerprint density at radius 2 is 2.25 bits per heavy atom. The maximum atomic E-state index is 4.38. The Labute approximate surface area is 99.6 Å². The number of hydrogen-bond acceptors (Lipinski definition) is 4. The van der Waals surface area contributed by atoms with Crippen LogP contribution < -0.4 is 5.32 Å². The summed E-state index contributed by atoms with van der Waals surface area (Å²) >= 11 is 1.75. The summed E-state index contributed by atoms with van der Waals surface area (Å²) in [5.41, 5.74) is 1.03. The number of hydrogen-bond donors (Lipinski definition) is 1. The fourth-order valence-corrected chi connectivity index (χ4v) is 2.20. The third-order valence-corrected chi connectivity index (χ3v) is 3.40. The second kappa shape index (κ2) is 5.07. The number of aryl methyl sites for hydroxylation is 2. The maximum Gasteiger partial charge on any atom is 0.126 e. The van der Waals surface area contributed by atoms with Crippen LogP contribution in [-0.2, 0) is 13.0 Å². The first-order chi connectivity index (χ1) is 7.78. The van der Waals surface area contributed by atoms with E-state index in [2.05, 4.69) is 22.2 Å². The zero-order chi connectivity index (χ0) is 11.4. The van der Waals surface area contributed by atoms with E-state index >= 15 is 0 Å². The third kappa shape index (κ3) is 2.79. The second-order valence-electron chi connectivity index (χ2n) is 3.59. The SMILES string of the molecule is CCc1cnc(CNc2cccc(C)n2)s1. The Morgan fingerprint density at radius 1 is 1.38 bits per heavy atom. The van der Waals surface area contributed by atoms with Crippen LogP contribution in [-0.4, -0.2) is 9.97 Å². The number of nitrogens with zero attached hydrogens (tertiary/aromatic N) is 2. The Hall–Kier alpha value is -1.42. The number of aromatic nitrogens is 2. The minimum Gasteiger partial charge on any atom is -0.364 e. The molecule has 0 saturated heterocycles. The van der Waals surface area contributed by atoms with Gasteiger partial charge in [0.1, 0.15) is 10.8 Å². The van der Waals surface area contributed by atoms with Crippen molar-refractivity contribution in [2.45, 2.75) is 26.8 Å². The average Bonchev–Trinajstić information content (AvgIpc) is 2.74. The molecule has 0 aromatic carbocycles. The van der Waals surface area contributed by atoms with Gasteiger partial charge < -0.3 is 5.32 Å². The van der Waals surface area contributed by atoms with Crippen LogP contribution in [0.4, 0.5) is 5.82 Å². The van der Waals surface area contributed by atoms with E-state index in [4.69, 9.17) is 0 Å². The number of thiazole rings is 1. The predicted octanol–water partition coefficient (Wildman–Crippen LogP) is 3.02. The van der Waals surface area contributed by atoms with E-state index in [0.29, 0.717) is 0 Å². The predicted molar refractivity (Wildman–Crippen MR) is 67.8 cm³/mol. The van der Waals surface area contributed by atoms with Crippen molar-refractivity contribution < 1.29 is 0 Å². The molecule has 0 radical (unpaired) electrons. The molecule has 2 rings (SSSR count). The van der Waals surface area contributed by atoms with Crippen molar-refractivity contribution in [1.82, 2.24) is 9.97 Å². The molecule has 0 unspecified atom stereocenters. The van der Waals surface area contributed by atoms with Crippen LogP contribution in [0.5, 0.6) is 0 Å². The van der Waals surface area contributed by atoms with Gasteiger partial charge >= 0.3 is 0 Å². The molecule has 0 spiro atoms. The lowest BCUT2D eigenvalue weighted by Crippen LogP contribution is -2.01. The standard InChI is InChI=1S/C12H15N3S/c1-3-10-7-14-12(16-10)8-13-11-6-4-5-9(2)15-11/h4-7H,3,8H2,1-2H3,(H,13,15). The van der Waals surface area contributed by atoms with Crippen LogP contribution in [0.1, 0.15) is 22.5 Å². The number of nitrogens with one attached hydrogen (secondary N) is 1. The molecule has 1 N–H and O–H groups in total. The minimum atomic E-state index is 0.751. The summed E-state index contributed by atoms with van der Waals surface area (Å²) in [5, 5.41) is 4.39. The molecular formula is C12H15N3S. The first-order valence-corrected chi connectivity index (χ1v) is 6.20. The van der Waals surface area contributed by atoms with E-state index in [1.807, 2.05) is 31.3 Å². The molecule has 0 bridgehead atoms. The Bertz CT molecular complexity index is 465. The van der Waals surface area contributed by atoms with Crippen molar-refractivity contribution in [1.29, 1.82) is 0 Å². The van der Waals surface area contributed by atoms with Crippen LogP contribution in [0.15, 0.2) is 24.4 Å². The van der Waals surface area contributed by atoms with Gasteiger partial charge in [-0.05, 0) is 25.5 Å². The van der Waals surface area contributed by atoms with Crippen LogP contribution >= 0.6 is 11.3 Å². The largest absolute Gasteiger partial charge is 0.364 e. The Balaban J connectivity index is 1.96. The van der Waals surface area contributed by atoms with Gasteiger partial charge in [-0.2, -0.15) is 0 Å². The van der Waals surface area contributed by atoms with E-state index in [-0.39, 0.29) is 0 Å². The van der Waals surface area contributed by atoms with Crippen molar-refractivity contribution in [3.05, 3.63) is 40.0 Å². The van der Waals surface area contributed by atoms with Gasteiger partial charge in [-0.3, -0.25) is 0 Å². The average molecular weight is 233 g/mol. The molecule has 2 aromatic rings. The highest BCUT2D eigenvalue weighted by atomic mass is 32.1. The first kappa shape index (κ1) is 11.1. The van der Waals surface area contributed by atoms with Gasteiger partial charge in [0, 0.05) is 16.8 Å². The minimum absolute atomic E-state index is 0.751. The molecule has 4 heteroatoms. The summed E-state index contributed by atoms with van der Waals surface area (Å²) in [7, 11) is 0. The summed E-state index contributed by atoms with van der Waals surface area (Å²) in [6, 6.07) is 5.97. The normalized spacial score (nSPS) is 10.4. The summed E-state index contributed by atoms with van der Waals surface area (Å²) in [6.45, 7) is 4.89. The molecule has 0 aliphatic carbocycles. The van der Waals surface area contributed by atoms with Gasteiger partial charge in [0.05, 0.1) is 6.54 Å². The molecule has 0 atom stereocenters. The van der Waals surface area contributed by atoms with Crippen LogP contribution in [0.2, 0.25) is 0 Å². The zero-order valence-corrected chi connectivity index (χ0v) is 10.3. The first-order valence-electron chi connectivity index (χ1n) is 5.39. The van der Waals surface area contributed by atoms with Gasteiger partial charge in [-0.25, -0.2) is 9.97 Å². The van der Waals surface area contributed by atoms with E-state index < -0.39 is 0 Å². The summed E-state index contributed by atoms with van der Waals surface area (Å²) in [6.07, 6.45) is 3.01. The monoisotopic (exact) mass is 233 g/mol. The van der Waals surface area contributed by atoms with Crippen molar-refractivity contribution in [2.24, 2.45) is 0 Å². The summed E-state index contributed by atoms with van der Waals surface area (Å²) < 4.78 is 0. The number of rotatable bonds is 4. The van der Waals surface area contributed by atoms with Crippen LogP contribution in [0.25, 0.3) is 0 Å². The summed E-state index contributed by atoms with van der Waals surface area (Å²) in [5.74, 6) is 0.910. The lowest BCUT2D eigenvalue weighted by Gasteiger charge is -2.03. The van der Waals surface area contributed by atoms with Crippen LogP contribution in [0.3, 0.4) is 0 Å². The fraction of sp³-hybridized carbons (Fsp3) is 0.333. The molecule has 16 heavy (non-hydrogen) atoms. The molecule has 0 aliphatic rings. The van der Waals surface area contributed by atoms with E-state index in [1.165, 1.54) is 4.88 Å². The highest BCUT2D eigenvalue weighted by Crippen LogP contribution is 2.14. The third-order valence-electron chi connectivity index (χ3n) is 2.26. The maximum absolute atomic E-state index is 4.38. The van der Waals surface area contributed by atoms with Crippen molar-refractivity contribution in [3.8, 4) is 0 Å². The zero-order valence-electron chi connectivity index (χ0n) is 9.53. The Kier molecular flexibility index (Phi) is 3.51. The van der Waals surface area contributed by atoms with Gasteiger partial charge in [0.2, 0.25) is 0 Å². The molecular weight excluding hydrogens is 218 g/mol. The highest BCUT2D eigenvalue weighted by Gasteiger charge is 2.00. The molecule has 84 valence electrons. The Morgan fingerprint density at radius 3 is 2.94 bits per heavy atom. The molecule has 2 heterocycles. The molecule has 0 aliphatic heterocycles. The van der Waals surface area contributed by atoms with Crippen molar-refractivity contribution in [3.63, 3.8) is 0 Å². The topological polar surface area (TPSA) is 37.8 Å².